The van der Waals surface area contributed by atoms with Crippen molar-refractivity contribution in [2.75, 3.05) is 7.11 Å². The molecule has 11 nitrogen and oxygen atoms in total. The maximum atomic E-state index is 12.9. The normalized spacial score (nSPS) is 13.2. The molecule has 11 heteroatoms. The van der Waals surface area contributed by atoms with Crippen molar-refractivity contribution in [2.24, 2.45) is 0 Å². The topological polar surface area (TPSA) is 167 Å². The fourth-order valence-electron chi connectivity index (χ4n) is 2.63. The van der Waals surface area contributed by atoms with Gasteiger partial charge in [-0.15, -0.1) is 0 Å². The highest BCUT2D eigenvalue weighted by Crippen LogP contribution is 2.38. The Bertz CT molecular complexity index is 902. The molecule has 1 rings (SSSR count). The molecule has 1 aromatic carbocycles. The number of alkyl carbamates (subject to hydrolysis) is 1. The first kappa shape index (κ1) is 27.4. The summed E-state index contributed by atoms with van der Waals surface area (Å²) in [5.41, 5.74) is -1.77. The maximum absolute atomic E-state index is 12.9. The van der Waals surface area contributed by atoms with Gasteiger partial charge < -0.3 is 35.1 Å². The summed E-state index contributed by atoms with van der Waals surface area (Å²) in [6.45, 7) is 9.76. The van der Waals surface area contributed by atoms with E-state index in [1.54, 1.807) is 47.6 Å². The van der Waals surface area contributed by atoms with Gasteiger partial charge >= 0.3 is 12.1 Å². The van der Waals surface area contributed by atoms with Crippen LogP contribution >= 0.6 is 0 Å². The Morgan fingerprint density at radius 2 is 1.52 bits per heavy atom. The number of nitrogens with one attached hydrogen (secondary N) is 2. The summed E-state index contributed by atoms with van der Waals surface area (Å²) in [7, 11) is 1.23. The van der Waals surface area contributed by atoms with Gasteiger partial charge in [-0.05, 0) is 59.2 Å². The van der Waals surface area contributed by atoms with Crippen LogP contribution < -0.4 is 15.4 Å². The molecular weight excluding hydrogens is 434 g/mol. The van der Waals surface area contributed by atoms with Crippen molar-refractivity contribution in [1.82, 2.24) is 10.6 Å². The van der Waals surface area contributed by atoms with Gasteiger partial charge in [0.25, 0.3) is 0 Å². The molecule has 0 spiro atoms. The van der Waals surface area contributed by atoms with E-state index in [-0.39, 0.29) is 11.3 Å². The molecule has 0 fully saturated rings. The van der Waals surface area contributed by atoms with Crippen LogP contribution in [0.15, 0.2) is 12.1 Å². The SMILES string of the molecule is COc1c(O)cc([C@@H](NC(=O)[C@H](CC#N)NC(=O)OC(C)(C)C)C(=O)OC(C)(C)C)cc1O. The third-order valence-corrected chi connectivity index (χ3v) is 3.84. The molecule has 182 valence electrons. The van der Waals surface area contributed by atoms with Gasteiger partial charge in [0.1, 0.15) is 17.2 Å². The van der Waals surface area contributed by atoms with Crippen LogP contribution in [0.25, 0.3) is 0 Å². The number of phenolic OH excluding ortho intramolecular Hbond substituents is 2. The second-order valence-corrected chi connectivity index (χ2v) is 9.13. The zero-order valence-corrected chi connectivity index (χ0v) is 19.8. The average molecular weight is 466 g/mol. The summed E-state index contributed by atoms with van der Waals surface area (Å²) < 4.78 is 15.4. The van der Waals surface area contributed by atoms with E-state index >= 15 is 0 Å². The van der Waals surface area contributed by atoms with Crippen LogP contribution in [0.4, 0.5) is 4.79 Å². The number of rotatable bonds is 7. The predicted octanol–water partition coefficient (Wildman–Crippen LogP) is 2.41. The number of carbonyl (C=O) groups is 3. The van der Waals surface area contributed by atoms with Crippen molar-refractivity contribution in [3.05, 3.63) is 17.7 Å². The Balaban J connectivity index is 3.28. The van der Waals surface area contributed by atoms with Gasteiger partial charge in [0, 0.05) is 0 Å². The zero-order valence-electron chi connectivity index (χ0n) is 19.8. The van der Waals surface area contributed by atoms with Gasteiger partial charge in [0.2, 0.25) is 11.7 Å². The molecule has 0 saturated heterocycles. The summed E-state index contributed by atoms with van der Waals surface area (Å²) >= 11 is 0. The number of nitriles is 1. The lowest BCUT2D eigenvalue weighted by Gasteiger charge is -2.27. The van der Waals surface area contributed by atoms with Crippen LogP contribution in [-0.2, 0) is 19.1 Å². The number of ether oxygens (including phenoxy) is 3. The first-order chi connectivity index (χ1) is 15.1. The lowest BCUT2D eigenvalue weighted by atomic mass is 10.0. The molecule has 33 heavy (non-hydrogen) atoms. The number of benzene rings is 1. The van der Waals surface area contributed by atoms with Gasteiger partial charge in [-0.2, -0.15) is 5.26 Å². The van der Waals surface area contributed by atoms with Crippen molar-refractivity contribution in [1.29, 1.82) is 5.26 Å². The Kier molecular flexibility index (Phi) is 8.92. The predicted molar refractivity (Wildman–Crippen MR) is 116 cm³/mol. The standard InChI is InChI=1S/C22H31N3O8/c1-21(2,3)32-19(29)16(12-10-14(26)17(31-7)15(27)11-12)25-18(28)13(8-9-23)24-20(30)33-22(4,5)6/h10-11,13,16,26-27H,8H2,1-7H3,(H,24,30)(H,25,28)/t13-,16+/m0/s1. The van der Waals surface area contributed by atoms with Crippen LogP contribution in [0, 0.1) is 11.3 Å². The monoisotopic (exact) mass is 465 g/mol. The highest BCUT2D eigenvalue weighted by molar-refractivity contribution is 5.90. The lowest BCUT2D eigenvalue weighted by Crippen LogP contribution is -2.50. The van der Waals surface area contributed by atoms with Gasteiger partial charge in [-0.3, -0.25) is 4.79 Å². The molecule has 0 unspecified atom stereocenters. The molecule has 0 saturated carbocycles. The number of amides is 2. The van der Waals surface area contributed by atoms with Gasteiger partial charge in [-0.25, -0.2) is 9.59 Å². The summed E-state index contributed by atoms with van der Waals surface area (Å²) in [4.78, 5) is 37.8. The zero-order chi connectivity index (χ0) is 25.6. The quantitative estimate of drug-likeness (QED) is 0.442. The summed E-state index contributed by atoms with van der Waals surface area (Å²) in [5.74, 6) is -2.95. The molecule has 1 aromatic rings. The van der Waals surface area contributed by atoms with E-state index in [2.05, 4.69) is 10.6 Å². The Hall–Kier alpha value is -3.68. The molecule has 2 amide bonds. The number of esters is 1. The van der Waals surface area contributed by atoms with E-state index in [9.17, 15) is 24.6 Å². The van der Waals surface area contributed by atoms with Crippen LogP contribution in [0.2, 0.25) is 0 Å². The molecule has 0 heterocycles. The molecule has 0 aliphatic heterocycles. The summed E-state index contributed by atoms with van der Waals surface area (Å²) in [6.07, 6.45) is -1.34. The average Bonchev–Trinajstić information content (AvgIpc) is 2.62. The molecular formula is C22H31N3O8. The third-order valence-electron chi connectivity index (χ3n) is 3.84. The minimum atomic E-state index is -1.49. The minimum absolute atomic E-state index is 0.0126. The third kappa shape index (κ3) is 8.76. The molecule has 0 aromatic heterocycles. The highest BCUT2D eigenvalue weighted by atomic mass is 16.6. The van der Waals surface area contributed by atoms with Gasteiger partial charge in [-0.1, -0.05) is 0 Å². The highest BCUT2D eigenvalue weighted by Gasteiger charge is 2.33. The Morgan fingerprint density at radius 1 is 1.00 bits per heavy atom. The first-order valence-corrected chi connectivity index (χ1v) is 10.1. The van der Waals surface area contributed by atoms with Crippen molar-refractivity contribution in [3.8, 4) is 23.3 Å². The molecule has 4 N–H and O–H groups in total. The molecule has 0 radical (unpaired) electrons. The second-order valence-electron chi connectivity index (χ2n) is 9.13. The number of methoxy groups -OCH3 is 1. The fourth-order valence-corrected chi connectivity index (χ4v) is 2.63. The van der Waals surface area contributed by atoms with Gasteiger partial charge in [0.05, 0.1) is 19.6 Å². The molecule has 2 atom stereocenters. The second kappa shape index (κ2) is 10.8. The smallest absolute Gasteiger partial charge is 0.408 e. The van der Waals surface area contributed by atoms with Crippen molar-refractivity contribution >= 4 is 18.0 Å². The van der Waals surface area contributed by atoms with Crippen LogP contribution in [0.5, 0.6) is 17.2 Å². The van der Waals surface area contributed by atoms with Crippen LogP contribution in [0.1, 0.15) is 59.6 Å². The number of hydrogen-bond donors (Lipinski definition) is 4. The van der Waals surface area contributed by atoms with Crippen LogP contribution in [-0.4, -0.2) is 52.5 Å². The number of carbonyl (C=O) groups excluding carboxylic acids is 3. The van der Waals surface area contributed by atoms with Gasteiger partial charge in [0.15, 0.2) is 17.5 Å². The van der Waals surface area contributed by atoms with E-state index in [0.717, 1.165) is 12.1 Å². The fraction of sp³-hybridized carbons (Fsp3) is 0.545. The van der Waals surface area contributed by atoms with Crippen molar-refractivity contribution in [3.63, 3.8) is 0 Å². The Labute approximate surface area is 192 Å². The number of aromatic hydroxyl groups is 2. The number of nitrogens with zero attached hydrogens (tertiary/aromatic N) is 1. The largest absolute Gasteiger partial charge is 0.504 e. The molecule has 0 bridgehead atoms. The van der Waals surface area contributed by atoms with E-state index < -0.39 is 59.2 Å². The molecule has 0 aliphatic carbocycles. The first-order valence-electron chi connectivity index (χ1n) is 10.1. The minimum Gasteiger partial charge on any atom is -0.504 e. The number of phenols is 2. The maximum Gasteiger partial charge on any atom is 0.408 e. The van der Waals surface area contributed by atoms with Crippen LogP contribution in [0.3, 0.4) is 0 Å². The Morgan fingerprint density at radius 3 is 1.94 bits per heavy atom. The number of hydrogen-bond acceptors (Lipinski definition) is 9. The summed E-state index contributed by atoms with van der Waals surface area (Å²) in [5, 5.41) is 34.0. The van der Waals surface area contributed by atoms with E-state index in [1.807, 2.05) is 0 Å². The van der Waals surface area contributed by atoms with E-state index in [0.29, 0.717) is 0 Å². The van der Waals surface area contributed by atoms with Crippen molar-refractivity contribution in [2.45, 2.75) is 71.2 Å². The lowest BCUT2D eigenvalue weighted by molar-refractivity contribution is -0.159. The van der Waals surface area contributed by atoms with Crippen molar-refractivity contribution < 1.29 is 38.8 Å². The summed E-state index contributed by atoms with van der Waals surface area (Å²) in [6, 6.07) is 1.19. The van der Waals surface area contributed by atoms with E-state index in [4.69, 9.17) is 19.5 Å². The van der Waals surface area contributed by atoms with E-state index in [1.165, 1.54) is 7.11 Å². The molecule has 0 aliphatic rings.